The predicted octanol–water partition coefficient (Wildman–Crippen LogP) is 1.02. The van der Waals surface area contributed by atoms with Gasteiger partial charge in [-0.3, -0.25) is 4.79 Å². The standard InChI is InChI=1S/C12H9ClFN3O5S/c1-17-10(5-9(12(19)20)16-23(17,21)22)11(18)15-6-2-3-8(14)7(13)4-6/h2-5H,1H3,(H,15,18)(H,19,20). The van der Waals surface area contributed by atoms with Crippen LogP contribution < -0.4 is 5.32 Å². The fraction of sp³-hybridized carbons (Fsp3) is 0.0833. The highest BCUT2D eigenvalue weighted by atomic mass is 35.5. The number of amides is 1. The lowest BCUT2D eigenvalue weighted by molar-refractivity contribution is -0.129. The van der Waals surface area contributed by atoms with Crippen molar-refractivity contribution in [1.82, 2.24) is 4.31 Å². The average molecular weight is 362 g/mol. The first kappa shape index (κ1) is 16.9. The van der Waals surface area contributed by atoms with Gasteiger partial charge >= 0.3 is 16.2 Å². The Bertz CT molecular complexity index is 865. The van der Waals surface area contributed by atoms with Crippen molar-refractivity contribution < 1.29 is 27.5 Å². The molecule has 1 aliphatic heterocycles. The second-order valence-corrected chi connectivity index (χ2v) is 6.37. The molecule has 0 radical (unpaired) electrons. The van der Waals surface area contributed by atoms with Gasteiger partial charge in [-0.25, -0.2) is 13.5 Å². The van der Waals surface area contributed by atoms with E-state index in [0.29, 0.717) is 4.31 Å². The summed E-state index contributed by atoms with van der Waals surface area (Å²) in [5.41, 5.74) is -1.16. The maximum atomic E-state index is 13.1. The van der Waals surface area contributed by atoms with Crippen molar-refractivity contribution in [2.75, 3.05) is 12.4 Å². The number of benzene rings is 1. The van der Waals surface area contributed by atoms with Crippen LogP contribution in [0.2, 0.25) is 5.02 Å². The molecule has 1 amide bonds. The lowest BCUT2D eigenvalue weighted by Crippen LogP contribution is -2.36. The predicted molar refractivity (Wildman–Crippen MR) is 79.9 cm³/mol. The Hall–Kier alpha value is -2.46. The van der Waals surface area contributed by atoms with E-state index in [0.717, 1.165) is 25.3 Å². The summed E-state index contributed by atoms with van der Waals surface area (Å²) in [5.74, 6) is -3.22. The molecule has 0 fully saturated rings. The zero-order valence-electron chi connectivity index (χ0n) is 11.4. The van der Waals surface area contributed by atoms with Crippen molar-refractivity contribution in [1.29, 1.82) is 0 Å². The number of carbonyl (C=O) groups excluding carboxylic acids is 1. The van der Waals surface area contributed by atoms with Crippen LogP contribution in [0.25, 0.3) is 0 Å². The van der Waals surface area contributed by atoms with Gasteiger partial charge in [0.2, 0.25) is 0 Å². The molecule has 1 aliphatic rings. The van der Waals surface area contributed by atoms with E-state index in [4.69, 9.17) is 16.7 Å². The van der Waals surface area contributed by atoms with Gasteiger partial charge < -0.3 is 10.4 Å². The molecule has 23 heavy (non-hydrogen) atoms. The molecule has 0 unspecified atom stereocenters. The molecule has 2 N–H and O–H groups in total. The smallest absolute Gasteiger partial charge is 0.355 e. The van der Waals surface area contributed by atoms with Crippen molar-refractivity contribution in [3.63, 3.8) is 0 Å². The molecular weight excluding hydrogens is 353 g/mol. The van der Waals surface area contributed by atoms with E-state index >= 15 is 0 Å². The number of likely N-dealkylation sites (N-methyl/N-ethyl adjacent to an activating group) is 1. The molecular formula is C12H9ClFN3O5S. The lowest BCUT2D eigenvalue weighted by atomic mass is 10.2. The van der Waals surface area contributed by atoms with Crippen LogP contribution in [0.15, 0.2) is 34.4 Å². The number of hydrogen-bond acceptors (Lipinski definition) is 4. The Morgan fingerprint density at radius 1 is 1.39 bits per heavy atom. The Labute approximate surface area is 135 Å². The Balaban J connectivity index is 2.35. The minimum atomic E-state index is -4.33. The molecule has 1 aromatic rings. The molecule has 0 saturated heterocycles. The first-order valence-electron chi connectivity index (χ1n) is 5.92. The van der Waals surface area contributed by atoms with E-state index in [-0.39, 0.29) is 10.7 Å². The van der Waals surface area contributed by atoms with Crippen LogP contribution in [0, 0.1) is 5.82 Å². The van der Waals surface area contributed by atoms with Gasteiger partial charge in [0.25, 0.3) is 5.91 Å². The molecule has 0 aromatic heterocycles. The zero-order valence-corrected chi connectivity index (χ0v) is 13.0. The number of nitrogens with one attached hydrogen (secondary N) is 1. The summed E-state index contributed by atoms with van der Waals surface area (Å²) in [6, 6.07) is 3.35. The number of carboxylic acid groups (broad SMARTS) is 1. The van der Waals surface area contributed by atoms with Crippen LogP contribution in [0.4, 0.5) is 10.1 Å². The highest BCUT2D eigenvalue weighted by Gasteiger charge is 2.31. The summed E-state index contributed by atoms with van der Waals surface area (Å²) >= 11 is 5.58. The van der Waals surface area contributed by atoms with Gasteiger partial charge in [-0.1, -0.05) is 11.6 Å². The first-order chi connectivity index (χ1) is 10.6. The third-order valence-electron chi connectivity index (χ3n) is 2.80. The zero-order chi connectivity index (χ0) is 17.4. The van der Waals surface area contributed by atoms with Crippen LogP contribution in [0.5, 0.6) is 0 Å². The van der Waals surface area contributed by atoms with Crippen LogP contribution in [0.3, 0.4) is 0 Å². The molecule has 0 spiro atoms. The van der Waals surface area contributed by atoms with Gasteiger partial charge in [0.1, 0.15) is 11.5 Å². The minimum absolute atomic E-state index is 0.104. The van der Waals surface area contributed by atoms with Crippen molar-refractivity contribution in [3.05, 3.63) is 40.8 Å². The number of rotatable bonds is 3. The van der Waals surface area contributed by atoms with E-state index in [9.17, 15) is 22.4 Å². The number of nitrogens with zero attached hydrogens (tertiary/aromatic N) is 2. The molecule has 1 aromatic carbocycles. The molecule has 2 rings (SSSR count). The number of halogens is 2. The maximum absolute atomic E-state index is 13.1. The monoisotopic (exact) mass is 361 g/mol. The summed E-state index contributed by atoms with van der Waals surface area (Å²) in [5, 5.41) is 10.9. The van der Waals surface area contributed by atoms with E-state index in [1.165, 1.54) is 6.07 Å². The van der Waals surface area contributed by atoms with Gasteiger partial charge in [0, 0.05) is 18.8 Å². The second kappa shape index (κ2) is 5.97. The average Bonchev–Trinajstić information content (AvgIpc) is 2.45. The third kappa shape index (κ3) is 3.48. The Kier molecular flexibility index (Phi) is 4.39. The molecule has 0 bridgehead atoms. The Morgan fingerprint density at radius 2 is 2.04 bits per heavy atom. The highest BCUT2D eigenvalue weighted by Crippen LogP contribution is 2.22. The quantitative estimate of drug-likeness (QED) is 0.833. The maximum Gasteiger partial charge on any atom is 0.355 e. The lowest BCUT2D eigenvalue weighted by Gasteiger charge is -2.22. The fourth-order valence-corrected chi connectivity index (χ4v) is 2.70. The van der Waals surface area contributed by atoms with E-state index in [1.807, 2.05) is 0 Å². The van der Waals surface area contributed by atoms with Crippen molar-refractivity contribution >= 4 is 45.1 Å². The summed E-state index contributed by atoms with van der Waals surface area (Å²) in [7, 11) is -3.29. The molecule has 11 heteroatoms. The van der Waals surface area contributed by atoms with Crippen LogP contribution >= 0.6 is 11.6 Å². The molecule has 1 heterocycles. The summed E-state index contributed by atoms with van der Waals surface area (Å²) in [6.07, 6.45) is 0.809. The Morgan fingerprint density at radius 3 is 2.61 bits per heavy atom. The first-order valence-corrected chi connectivity index (χ1v) is 7.69. The molecule has 0 saturated carbocycles. The van der Waals surface area contributed by atoms with Crippen LogP contribution in [-0.4, -0.2) is 42.5 Å². The summed E-state index contributed by atoms with van der Waals surface area (Å²) in [6.45, 7) is 0. The molecule has 0 atom stereocenters. The van der Waals surface area contributed by atoms with Crippen LogP contribution in [0.1, 0.15) is 0 Å². The van der Waals surface area contributed by atoms with E-state index in [2.05, 4.69) is 9.71 Å². The number of carboxylic acids is 1. The topological polar surface area (TPSA) is 116 Å². The molecule has 8 nitrogen and oxygen atoms in total. The largest absolute Gasteiger partial charge is 0.476 e. The number of carbonyl (C=O) groups is 2. The van der Waals surface area contributed by atoms with Gasteiger partial charge in [0.15, 0.2) is 5.71 Å². The van der Waals surface area contributed by atoms with Crippen molar-refractivity contribution in [2.24, 2.45) is 4.40 Å². The van der Waals surface area contributed by atoms with E-state index in [1.54, 1.807) is 0 Å². The third-order valence-corrected chi connectivity index (χ3v) is 4.41. The van der Waals surface area contributed by atoms with Crippen molar-refractivity contribution in [3.8, 4) is 0 Å². The van der Waals surface area contributed by atoms with Gasteiger partial charge in [0.05, 0.1) is 5.02 Å². The number of anilines is 1. The summed E-state index contributed by atoms with van der Waals surface area (Å²) < 4.78 is 40.1. The SMILES string of the molecule is CN1C(C(=O)Nc2ccc(F)c(Cl)c2)=CC(C(=O)O)=NS1(=O)=O. The van der Waals surface area contributed by atoms with Crippen LogP contribution in [-0.2, 0) is 19.8 Å². The summed E-state index contributed by atoms with van der Waals surface area (Å²) in [4.78, 5) is 23.1. The highest BCUT2D eigenvalue weighted by molar-refractivity contribution is 7.88. The second-order valence-electron chi connectivity index (χ2n) is 4.34. The van der Waals surface area contributed by atoms with Gasteiger partial charge in [-0.05, 0) is 18.2 Å². The number of hydrogen-bond donors (Lipinski definition) is 2. The normalized spacial score (nSPS) is 16.4. The van der Waals surface area contributed by atoms with E-state index < -0.39 is 39.3 Å². The number of aliphatic carboxylic acids is 1. The minimum Gasteiger partial charge on any atom is -0.476 e. The van der Waals surface area contributed by atoms with Crippen molar-refractivity contribution in [2.45, 2.75) is 0 Å². The van der Waals surface area contributed by atoms with Gasteiger partial charge in [-0.2, -0.15) is 8.42 Å². The van der Waals surface area contributed by atoms with Gasteiger partial charge in [-0.15, -0.1) is 4.40 Å². The molecule has 122 valence electrons. The molecule has 0 aliphatic carbocycles. The fourth-order valence-electron chi connectivity index (χ4n) is 1.63.